The molecule has 5 heteroatoms. The first kappa shape index (κ1) is 8.96. The molecule has 0 aromatic heterocycles. The van der Waals surface area contributed by atoms with Crippen molar-refractivity contribution in [3.63, 3.8) is 0 Å². The van der Waals surface area contributed by atoms with Crippen LogP contribution in [0.15, 0.2) is 18.2 Å². The summed E-state index contributed by atoms with van der Waals surface area (Å²) < 4.78 is 5.16. The van der Waals surface area contributed by atoms with Crippen LogP contribution < -0.4 is 10.1 Å². The minimum absolute atomic E-state index is 0.145. The van der Waals surface area contributed by atoms with Crippen LogP contribution in [0, 0.1) is 0 Å². The maximum atomic E-state index is 10.8. The van der Waals surface area contributed by atoms with Crippen molar-refractivity contribution in [1.82, 2.24) is 5.32 Å². The molecule has 0 atom stereocenters. The average molecular weight is 209 g/mol. The summed E-state index contributed by atoms with van der Waals surface area (Å²) >= 11 is 4.80. The first-order chi connectivity index (χ1) is 6.68. The van der Waals surface area contributed by atoms with Gasteiger partial charge in [0.25, 0.3) is 5.17 Å². The molecule has 0 fully saturated rings. The van der Waals surface area contributed by atoms with Crippen molar-refractivity contribution in [3.05, 3.63) is 29.3 Å². The fourth-order valence-corrected chi connectivity index (χ4v) is 1.46. The van der Waals surface area contributed by atoms with Gasteiger partial charge in [-0.2, -0.15) is 0 Å². The zero-order chi connectivity index (χ0) is 10.1. The minimum Gasteiger partial charge on any atom is -0.478 e. The lowest BCUT2D eigenvalue weighted by atomic mass is 10.1. The molecule has 0 bridgehead atoms. The van der Waals surface area contributed by atoms with Crippen LogP contribution in [-0.2, 0) is 6.54 Å². The number of carbonyl (C=O) groups is 1. The number of thiocarbonyl (C=S) groups is 1. The van der Waals surface area contributed by atoms with Crippen LogP contribution in [0.1, 0.15) is 15.9 Å². The van der Waals surface area contributed by atoms with Crippen LogP contribution in [0.4, 0.5) is 0 Å². The molecule has 1 aliphatic heterocycles. The van der Waals surface area contributed by atoms with Gasteiger partial charge in [0, 0.05) is 12.1 Å². The first-order valence-electron chi connectivity index (χ1n) is 3.99. The second-order valence-corrected chi connectivity index (χ2v) is 3.21. The van der Waals surface area contributed by atoms with Gasteiger partial charge < -0.3 is 15.2 Å². The highest BCUT2D eigenvalue weighted by Crippen LogP contribution is 2.26. The van der Waals surface area contributed by atoms with Crippen LogP contribution >= 0.6 is 12.2 Å². The van der Waals surface area contributed by atoms with Gasteiger partial charge in [-0.25, -0.2) is 4.79 Å². The Balaban J connectivity index is 2.54. The van der Waals surface area contributed by atoms with Crippen LogP contribution in [0.2, 0.25) is 0 Å². The molecule has 14 heavy (non-hydrogen) atoms. The molecular weight excluding hydrogens is 202 g/mol. The predicted molar refractivity (Wildman–Crippen MR) is 53.5 cm³/mol. The SMILES string of the molecule is O=C(O)c1cccc2c1OC(=S)NC2. The number of nitrogens with one attached hydrogen (secondary N) is 1. The highest BCUT2D eigenvalue weighted by atomic mass is 32.1. The monoisotopic (exact) mass is 209 g/mol. The Kier molecular flexibility index (Phi) is 2.09. The van der Waals surface area contributed by atoms with Gasteiger partial charge in [-0.3, -0.25) is 0 Å². The number of carboxylic acid groups (broad SMARTS) is 1. The van der Waals surface area contributed by atoms with Gasteiger partial charge >= 0.3 is 5.97 Å². The Labute approximate surface area is 85.5 Å². The molecule has 0 spiro atoms. The molecule has 4 nitrogen and oxygen atoms in total. The number of aromatic carboxylic acids is 1. The largest absolute Gasteiger partial charge is 0.478 e. The van der Waals surface area contributed by atoms with Gasteiger partial charge in [0.15, 0.2) is 0 Å². The lowest BCUT2D eigenvalue weighted by molar-refractivity contribution is 0.0694. The quantitative estimate of drug-likeness (QED) is 0.679. The van der Waals surface area contributed by atoms with Gasteiger partial charge in [0.2, 0.25) is 0 Å². The molecule has 0 radical (unpaired) electrons. The Morgan fingerprint density at radius 3 is 3.07 bits per heavy atom. The normalized spacial score (nSPS) is 13.9. The van der Waals surface area contributed by atoms with E-state index >= 15 is 0 Å². The standard InChI is InChI=1S/C9H7NO3S/c11-8(12)6-3-1-2-5-4-10-9(14)13-7(5)6/h1-3H,4H2,(H,10,14)(H,11,12). The van der Waals surface area contributed by atoms with Gasteiger partial charge in [0.05, 0.1) is 0 Å². The van der Waals surface area contributed by atoms with E-state index in [1.807, 2.05) is 0 Å². The lowest BCUT2D eigenvalue weighted by Gasteiger charge is -2.20. The summed E-state index contributed by atoms with van der Waals surface area (Å²) in [6, 6.07) is 4.98. The second kappa shape index (κ2) is 3.26. The van der Waals surface area contributed by atoms with E-state index in [0.29, 0.717) is 12.3 Å². The third kappa shape index (κ3) is 1.42. The van der Waals surface area contributed by atoms with Crippen molar-refractivity contribution in [2.75, 3.05) is 0 Å². The van der Waals surface area contributed by atoms with Gasteiger partial charge in [-0.1, -0.05) is 12.1 Å². The zero-order valence-corrected chi connectivity index (χ0v) is 7.93. The summed E-state index contributed by atoms with van der Waals surface area (Å²) in [7, 11) is 0. The van der Waals surface area contributed by atoms with E-state index in [0.717, 1.165) is 5.56 Å². The molecule has 2 N–H and O–H groups in total. The van der Waals surface area contributed by atoms with Gasteiger partial charge in [-0.15, -0.1) is 0 Å². The fourth-order valence-electron chi connectivity index (χ4n) is 1.31. The molecular formula is C9H7NO3S. The molecule has 1 aliphatic rings. The Morgan fingerprint density at radius 2 is 2.36 bits per heavy atom. The molecule has 0 saturated heterocycles. The summed E-state index contributed by atoms with van der Waals surface area (Å²) in [5.74, 6) is -0.657. The second-order valence-electron chi connectivity index (χ2n) is 2.84. The Hall–Kier alpha value is -1.62. The summed E-state index contributed by atoms with van der Waals surface area (Å²) in [6.45, 7) is 0.509. The highest BCUT2D eigenvalue weighted by Gasteiger charge is 2.20. The van der Waals surface area contributed by atoms with Crippen molar-refractivity contribution in [2.45, 2.75) is 6.54 Å². The highest BCUT2D eigenvalue weighted by molar-refractivity contribution is 7.80. The molecule has 0 aliphatic carbocycles. The minimum atomic E-state index is -1.01. The Bertz CT molecular complexity index is 417. The number of ether oxygens (including phenoxy) is 1. The summed E-state index contributed by atoms with van der Waals surface area (Å²) in [6.07, 6.45) is 0. The van der Waals surface area contributed by atoms with E-state index in [-0.39, 0.29) is 10.7 Å². The smallest absolute Gasteiger partial charge is 0.339 e. The maximum Gasteiger partial charge on any atom is 0.339 e. The van der Waals surface area contributed by atoms with Crippen LogP contribution in [0.3, 0.4) is 0 Å². The number of hydrogen-bond acceptors (Lipinski definition) is 3. The Morgan fingerprint density at radius 1 is 1.57 bits per heavy atom. The van der Waals surface area contributed by atoms with Crippen molar-refractivity contribution in [3.8, 4) is 5.75 Å². The first-order valence-corrected chi connectivity index (χ1v) is 4.40. The summed E-state index contributed by atoms with van der Waals surface area (Å²) in [5, 5.41) is 11.9. The summed E-state index contributed by atoms with van der Waals surface area (Å²) in [5.41, 5.74) is 0.949. The number of hydrogen-bond donors (Lipinski definition) is 2. The topological polar surface area (TPSA) is 58.6 Å². The van der Waals surface area contributed by atoms with Crippen LogP contribution in [0.25, 0.3) is 0 Å². The molecule has 1 aromatic rings. The average Bonchev–Trinajstić information content (AvgIpc) is 2.16. The maximum absolute atomic E-state index is 10.8. The van der Waals surface area contributed by atoms with E-state index in [1.165, 1.54) is 6.07 Å². The molecule has 2 rings (SSSR count). The van der Waals surface area contributed by atoms with Crippen LogP contribution in [0.5, 0.6) is 5.75 Å². The molecule has 0 saturated carbocycles. The fraction of sp³-hybridized carbons (Fsp3) is 0.111. The van der Waals surface area contributed by atoms with E-state index in [1.54, 1.807) is 12.1 Å². The number of fused-ring (bicyclic) bond motifs is 1. The van der Waals surface area contributed by atoms with Crippen molar-refractivity contribution >= 4 is 23.4 Å². The number of para-hydroxylation sites is 1. The molecule has 1 heterocycles. The third-order valence-corrected chi connectivity index (χ3v) is 2.17. The zero-order valence-electron chi connectivity index (χ0n) is 7.11. The molecule has 0 amide bonds. The molecule has 1 aromatic carbocycles. The number of carboxylic acids is 1. The van der Waals surface area contributed by atoms with Crippen molar-refractivity contribution in [2.24, 2.45) is 0 Å². The molecule has 72 valence electrons. The van der Waals surface area contributed by atoms with Gasteiger partial charge in [-0.05, 0) is 18.3 Å². The number of benzene rings is 1. The molecule has 0 unspecified atom stereocenters. The van der Waals surface area contributed by atoms with Crippen molar-refractivity contribution < 1.29 is 14.6 Å². The van der Waals surface area contributed by atoms with Crippen molar-refractivity contribution in [1.29, 1.82) is 0 Å². The van der Waals surface area contributed by atoms with E-state index in [9.17, 15) is 4.79 Å². The number of rotatable bonds is 1. The third-order valence-electron chi connectivity index (χ3n) is 1.94. The summed E-state index contributed by atoms with van der Waals surface area (Å²) in [4.78, 5) is 10.8. The van der Waals surface area contributed by atoms with E-state index in [4.69, 9.17) is 22.1 Å². The predicted octanol–water partition coefficient (Wildman–Crippen LogP) is 1.15. The lowest BCUT2D eigenvalue weighted by Crippen LogP contribution is -2.31. The van der Waals surface area contributed by atoms with Crippen LogP contribution in [-0.4, -0.2) is 16.3 Å². The van der Waals surface area contributed by atoms with E-state index in [2.05, 4.69) is 5.32 Å². The van der Waals surface area contributed by atoms with Gasteiger partial charge in [0.1, 0.15) is 11.3 Å². The van der Waals surface area contributed by atoms with E-state index < -0.39 is 5.97 Å².